The van der Waals surface area contributed by atoms with Gasteiger partial charge in [0.2, 0.25) is 0 Å². The molecule has 3 aliphatic rings. The van der Waals surface area contributed by atoms with E-state index >= 15 is 0 Å². The molecule has 0 nitrogen and oxygen atoms in total. The van der Waals surface area contributed by atoms with Crippen LogP contribution < -0.4 is 0 Å². The molecule has 0 radical (unpaired) electrons. The summed E-state index contributed by atoms with van der Waals surface area (Å²) in [6, 6.07) is 0. The molecule has 0 aromatic carbocycles. The molecule has 2 heteroatoms. The highest BCUT2D eigenvalue weighted by molar-refractivity contribution is 14.2. The summed E-state index contributed by atoms with van der Waals surface area (Å²) in [7, 11) is -0.374. The first-order valence-corrected chi connectivity index (χ1v) is 13.7. The Balaban J connectivity index is 1.79. The Morgan fingerprint density at radius 1 is 0.450 bits per heavy atom. The molecule has 0 saturated heterocycles. The molecule has 0 heterocycles. The maximum Gasteiger partial charge on any atom is -0.00237 e. The summed E-state index contributed by atoms with van der Waals surface area (Å²) in [6.45, 7) is 0. The molecule has 118 valence electrons. The zero-order valence-corrected chi connectivity index (χ0v) is 16.1. The average Bonchev–Trinajstić information content (AvgIpc) is 2.56. The molecule has 0 aromatic rings. The van der Waals surface area contributed by atoms with Crippen LogP contribution >= 0.6 is 28.4 Å². The molecule has 0 spiro atoms. The zero-order valence-electron chi connectivity index (χ0n) is 13.1. The highest BCUT2D eigenvalue weighted by atomic mass is 127. The molecule has 3 aliphatic carbocycles. The molecule has 3 fully saturated rings. The molecule has 0 atom stereocenters. The maximum absolute atomic E-state index is 3.12. The number of hydrogen-bond acceptors (Lipinski definition) is 0. The monoisotopic (exact) mass is 408 g/mol. The van der Waals surface area contributed by atoms with E-state index in [1.807, 2.05) is 0 Å². The summed E-state index contributed by atoms with van der Waals surface area (Å²) in [5.74, 6) is 0. The molecular weight excluding hydrogens is 375 g/mol. The lowest BCUT2D eigenvalue weighted by Gasteiger charge is -2.55. The van der Waals surface area contributed by atoms with E-state index in [0.717, 1.165) is 15.7 Å². The van der Waals surface area contributed by atoms with Gasteiger partial charge in [-0.3, -0.25) is 0 Å². The van der Waals surface area contributed by atoms with E-state index in [4.69, 9.17) is 0 Å². The van der Waals surface area contributed by atoms with Gasteiger partial charge in [-0.25, -0.2) is 0 Å². The van der Waals surface area contributed by atoms with Crippen LogP contribution in [0.5, 0.6) is 0 Å². The van der Waals surface area contributed by atoms with Gasteiger partial charge in [-0.2, -0.15) is 7.20 Å². The Morgan fingerprint density at radius 3 is 0.950 bits per heavy atom. The van der Waals surface area contributed by atoms with Gasteiger partial charge in [-0.15, -0.1) is 0 Å². The van der Waals surface area contributed by atoms with Crippen LogP contribution in [-0.2, 0) is 0 Å². The lowest BCUT2D eigenvalue weighted by atomic mass is 9.99. The molecule has 0 aliphatic heterocycles. The maximum atomic E-state index is 3.12. The molecule has 0 bridgehead atoms. The van der Waals surface area contributed by atoms with Crippen LogP contribution in [0.4, 0.5) is 0 Å². The van der Waals surface area contributed by atoms with E-state index < -0.39 is 0 Å². The third kappa shape index (κ3) is 3.36. The zero-order chi connectivity index (χ0) is 13.8. The Kier molecular flexibility index (Phi) is 6.04. The molecule has 3 rings (SSSR count). The molecule has 0 aromatic heterocycles. The molecule has 0 unspecified atom stereocenters. The van der Waals surface area contributed by atoms with E-state index in [9.17, 15) is 0 Å². The Hall–Kier alpha value is 1.08. The van der Waals surface area contributed by atoms with Crippen molar-refractivity contribution in [2.45, 2.75) is 112 Å². The van der Waals surface area contributed by atoms with Crippen LogP contribution in [0.3, 0.4) is 0 Å². The largest absolute Gasteiger partial charge is 0.179 e. The van der Waals surface area contributed by atoms with E-state index in [2.05, 4.69) is 21.2 Å². The number of hydrogen-bond donors (Lipinski definition) is 0. The summed E-state index contributed by atoms with van der Waals surface area (Å²) in [4.78, 5) is 0. The second kappa shape index (κ2) is 7.57. The molecule has 20 heavy (non-hydrogen) atoms. The summed E-state index contributed by atoms with van der Waals surface area (Å²) in [5, 5.41) is 3.43. The van der Waals surface area contributed by atoms with Gasteiger partial charge in [-0.1, -0.05) is 57.8 Å². The summed E-state index contributed by atoms with van der Waals surface area (Å²) >= 11 is 3.12. The van der Waals surface area contributed by atoms with Crippen molar-refractivity contribution in [2.24, 2.45) is 0 Å². The van der Waals surface area contributed by atoms with E-state index in [0.29, 0.717) is 0 Å². The van der Waals surface area contributed by atoms with Crippen molar-refractivity contribution in [3.63, 3.8) is 0 Å². The Labute approximate surface area is 140 Å². The van der Waals surface area contributed by atoms with Crippen molar-refractivity contribution in [3.8, 4) is 0 Å². The van der Waals surface area contributed by atoms with Crippen molar-refractivity contribution in [1.29, 1.82) is 0 Å². The first-order chi connectivity index (χ1) is 9.82. The number of halogens is 1. The normalized spacial score (nSPS) is 29.4. The van der Waals surface area contributed by atoms with Crippen molar-refractivity contribution in [2.75, 3.05) is 0 Å². The minimum atomic E-state index is -0.374. The van der Waals surface area contributed by atoms with Gasteiger partial charge in [0.25, 0.3) is 0 Å². The second-order valence-corrected chi connectivity index (χ2v) is 15.4. The highest BCUT2D eigenvalue weighted by Gasteiger charge is 2.44. The van der Waals surface area contributed by atoms with Gasteiger partial charge in [0.05, 0.1) is 0 Å². The van der Waals surface area contributed by atoms with Crippen molar-refractivity contribution >= 4 is 28.4 Å². The summed E-state index contributed by atoms with van der Waals surface area (Å²) in [6.07, 6.45) is 23.4. The van der Waals surface area contributed by atoms with Crippen LogP contribution in [-0.4, -0.2) is 15.7 Å². The summed E-state index contributed by atoms with van der Waals surface area (Å²) in [5.41, 5.74) is 0. The third-order valence-corrected chi connectivity index (χ3v) is 17.1. The van der Waals surface area contributed by atoms with Gasteiger partial charge in [0.15, 0.2) is 0 Å². The van der Waals surface area contributed by atoms with Crippen molar-refractivity contribution in [1.82, 2.24) is 0 Å². The third-order valence-electron chi connectivity index (χ3n) is 6.19. The quantitative estimate of drug-likeness (QED) is 0.436. The molecular formula is C18H33IS. The molecule has 0 N–H and O–H groups in total. The Morgan fingerprint density at radius 2 is 0.700 bits per heavy atom. The average molecular weight is 408 g/mol. The van der Waals surface area contributed by atoms with E-state index in [1.54, 1.807) is 77.0 Å². The fourth-order valence-electron chi connectivity index (χ4n) is 5.10. The van der Waals surface area contributed by atoms with Crippen LogP contribution in [0, 0.1) is 0 Å². The van der Waals surface area contributed by atoms with Crippen molar-refractivity contribution < 1.29 is 0 Å². The standard InChI is InChI=1S/C18H33IS/c19-20(16-10-4-1-5-11-16,17-12-6-2-7-13-17)18-14-8-3-9-15-18/h16-18H,1-15H2. The van der Waals surface area contributed by atoms with Crippen molar-refractivity contribution in [3.05, 3.63) is 0 Å². The first kappa shape index (κ1) is 16.0. The smallest absolute Gasteiger partial charge is 0.00237 e. The topological polar surface area (TPSA) is 0 Å². The SMILES string of the molecule is IS(C1CCCCC1)(C1CCCCC1)C1CCCCC1. The van der Waals surface area contributed by atoms with Crippen LogP contribution in [0.1, 0.15) is 96.3 Å². The molecule has 0 amide bonds. The lowest BCUT2D eigenvalue weighted by Crippen LogP contribution is -2.36. The first-order valence-electron chi connectivity index (χ1n) is 9.31. The fraction of sp³-hybridized carbons (Fsp3) is 1.00. The van der Waals surface area contributed by atoms with Gasteiger partial charge in [-0.05, 0) is 75.5 Å². The van der Waals surface area contributed by atoms with E-state index in [1.165, 1.54) is 19.3 Å². The van der Waals surface area contributed by atoms with Crippen LogP contribution in [0.15, 0.2) is 0 Å². The lowest BCUT2D eigenvalue weighted by molar-refractivity contribution is 0.468. The van der Waals surface area contributed by atoms with E-state index in [-0.39, 0.29) is 7.20 Å². The Bertz CT molecular complexity index is 240. The highest BCUT2D eigenvalue weighted by Crippen LogP contribution is 2.74. The van der Waals surface area contributed by atoms with Crippen LogP contribution in [0.25, 0.3) is 0 Å². The van der Waals surface area contributed by atoms with Gasteiger partial charge in [0, 0.05) is 0 Å². The minimum Gasteiger partial charge on any atom is -0.179 e. The summed E-state index contributed by atoms with van der Waals surface area (Å²) < 4.78 is 0. The number of rotatable bonds is 3. The van der Waals surface area contributed by atoms with Gasteiger partial charge < -0.3 is 0 Å². The van der Waals surface area contributed by atoms with Crippen LogP contribution in [0.2, 0.25) is 0 Å². The van der Waals surface area contributed by atoms with Gasteiger partial charge in [0.1, 0.15) is 0 Å². The van der Waals surface area contributed by atoms with Gasteiger partial charge >= 0.3 is 0 Å². The predicted molar refractivity (Wildman–Crippen MR) is 102 cm³/mol. The predicted octanol–water partition coefficient (Wildman–Crippen LogP) is 7.14. The minimum absolute atomic E-state index is 0.374. The second-order valence-electron chi connectivity index (χ2n) is 7.46. The molecule has 3 saturated carbocycles. The fourth-order valence-corrected chi connectivity index (χ4v) is 14.5.